The molecule has 6 heteroatoms. The summed E-state index contributed by atoms with van der Waals surface area (Å²) < 4.78 is 16.8. The molecule has 0 spiro atoms. The van der Waals surface area contributed by atoms with Gasteiger partial charge in [-0.1, -0.05) is 222 Å². The molecule has 6 nitrogen and oxygen atoms in total. The molecule has 0 heterocycles. The van der Waals surface area contributed by atoms with Crippen molar-refractivity contribution >= 4 is 17.9 Å². The summed E-state index contributed by atoms with van der Waals surface area (Å²) in [5.74, 6) is -0.957. The molecule has 0 saturated heterocycles. The lowest BCUT2D eigenvalue weighted by Crippen LogP contribution is -2.30. The minimum atomic E-state index is -0.801. The number of esters is 3. The minimum Gasteiger partial charge on any atom is -0.462 e. The molecule has 0 bridgehead atoms. The largest absolute Gasteiger partial charge is 0.462 e. The van der Waals surface area contributed by atoms with Gasteiger partial charge in [0.25, 0.3) is 0 Å². The second-order valence-electron chi connectivity index (χ2n) is 18.5. The highest BCUT2D eigenvalue weighted by Gasteiger charge is 2.19. The molecular weight excluding hydrogens is 817 g/mol. The van der Waals surface area contributed by atoms with E-state index in [2.05, 4.69) is 93.7 Å². The Bertz CT molecular complexity index is 1240. The fourth-order valence-corrected chi connectivity index (χ4v) is 7.73. The summed E-state index contributed by atoms with van der Waals surface area (Å²) in [6.07, 6.45) is 68.9. The smallest absolute Gasteiger partial charge is 0.306 e. The summed E-state index contributed by atoms with van der Waals surface area (Å²) in [7, 11) is 0. The first-order chi connectivity index (χ1) is 32.5. The molecule has 0 aliphatic carbocycles. The summed E-state index contributed by atoms with van der Waals surface area (Å²) in [5.41, 5.74) is 0. The number of unbranched alkanes of at least 4 members (excludes halogenated alkanes) is 27. The molecule has 380 valence electrons. The highest BCUT2D eigenvalue weighted by molar-refractivity contribution is 5.71. The topological polar surface area (TPSA) is 78.9 Å². The predicted octanol–water partition coefficient (Wildman–Crippen LogP) is 18.6. The van der Waals surface area contributed by atoms with Crippen LogP contribution in [0, 0.1) is 0 Å². The van der Waals surface area contributed by atoms with Gasteiger partial charge in [0, 0.05) is 19.3 Å². The van der Waals surface area contributed by atoms with E-state index in [1.807, 2.05) is 0 Å². The molecule has 1 atom stereocenters. The molecular formula is C60H104O6. The van der Waals surface area contributed by atoms with Crippen molar-refractivity contribution in [3.05, 3.63) is 72.9 Å². The van der Waals surface area contributed by atoms with E-state index in [4.69, 9.17) is 14.2 Å². The van der Waals surface area contributed by atoms with Gasteiger partial charge in [-0.05, 0) is 103 Å². The van der Waals surface area contributed by atoms with Crippen molar-refractivity contribution in [2.24, 2.45) is 0 Å². The molecule has 0 aromatic rings. The van der Waals surface area contributed by atoms with Crippen LogP contribution in [0.5, 0.6) is 0 Å². The fraction of sp³-hybridized carbons (Fsp3) is 0.750. The third-order valence-corrected chi connectivity index (χ3v) is 11.9. The lowest BCUT2D eigenvalue weighted by molar-refractivity contribution is -0.167. The molecule has 0 N–H and O–H groups in total. The first kappa shape index (κ1) is 62.8. The van der Waals surface area contributed by atoms with Gasteiger partial charge in [0.15, 0.2) is 6.10 Å². The Labute approximate surface area is 408 Å². The van der Waals surface area contributed by atoms with E-state index in [0.717, 1.165) is 77.0 Å². The first-order valence-electron chi connectivity index (χ1n) is 27.9. The van der Waals surface area contributed by atoms with Gasteiger partial charge in [-0.2, -0.15) is 0 Å². The van der Waals surface area contributed by atoms with Crippen molar-refractivity contribution < 1.29 is 28.6 Å². The van der Waals surface area contributed by atoms with Crippen molar-refractivity contribution in [2.75, 3.05) is 13.2 Å². The number of carbonyl (C=O) groups excluding carboxylic acids is 3. The molecule has 0 rings (SSSR count). The zero-order chi connectivity index (χ0) is 47.9. The lowest BCUT2D eigenvalue weighted by Gasteiger charge is -2.18. The van der Waals surface area contributed by atoms with Gasteiger partial charge in [-0.3, -0.25) is 14.4 Å². The summed E-state index contributed by atoms with van der Waals surface area (Å²) in [4.78, 5) is 38.1. The quantitative estimate of drug-likeness (QED) is 0.0262. The Morgan fingerprint density at radius 2 is 0.606 bits per heavy atom. The number of hydrogen-bond acceptors (Lipinski definition) is 6. The van der Waals surface area contributed by atoms with Crippen LogP contribution >= 0.6 is 0 Å². The van der Waals surface area contributed by atoms with Gasteiger partial charge in [0.2, 0.25) is 0 Å². The van der Waals surface area contributed by atoms with Crippen molar-refractivity contribution in [3.63, 3.8) is 0 Å². The monoisotopic (exact) mass is 921 g/mol. The highest BCUT2D eigenvalue weighted by Crippen LogP contribution is 2.14. The summed E-state index contributed by atoms with van der Waals surface area (Å²) >= 11 is 0. The molecule has 0 saturated carbocycles. The van der Waals surface area contributed by atoms with Crippen LogP contribution in [0.3, 0.4) is 0 Å². The summed E-state index contributed by atoms with van der Waals surface area (Å²) in [6.45, 7) is 6.48. The van der Waals surface area contributed by atoms with Crippen LogP contribution in [0.1, 0.15) is 271 Å². The molecule has 0 aliphatic rings. The standard InChI is InChI=1S/C60H104O6/c1-4-7-10-13-16-19-22-25-28-30-32-35-38-41-44-47-50-53-59(62)65-56-57(55-64-58(61)52-49-46-43-40-37-34-27-24-21-18-15-12-9-6-3)66-60(63)54-51-48-45-42-39-36-33-31-29-26-23-20-17-14-11-8-5-2/h9,12,18,21,25-26,28-29,32,35,41,44,57H,4-8,10-11,13-17,19-20,22-24,27,30-31,33-34,36-40,42-43,45-56H2,1-3H3/b12-9-,21-18-,28-25-,29-26-,35-32-,44-41-. The third kappa shape index (κ3) is 51.8. The molecule has 66 heavy (non-hydrogen) atoms. The van der Waals surface area contributed by atoms with Crippen LogP contribution in [0.4, 0.5) is 0 Å². The van der Waals surface area contributed by atoms with Crippen molar-refractivity contribution in [1.29, 1.82) is 0 Å². The normalized spacial score (nSPS) is 12.6. The number of carbonyl (C=O) groups is 3. The number of hydrogen-bond donors (Lipinski definition) is 0. The van der Waals surface area contributed by atoms with Crippen molar-refractivity contribution in [1.82, 2.24) is 0 Å². The van der Waals surface area contributed by atoms with E-state index in [9.17, 15) is 14.4 Å². The van der Waals surface area contributed by atoms with Gasteiger partial charge in [0.05, 0.1) is 0 Å². The van der Waals surface area contributed by atoms with Gasteiger partial charge in [-0.15, -0.1) is 0 Å². The molecule has 0 radical (unpaired) electrons. The molecule has 0 fully saturated rings. The Hall–Kier alpha value is -3.15. The van der Waals surface area contributed by atoms with Crippen LogP contribution in [0.2, 0.25) is 0 Å². The maximum Gasteiger partial charge on any atom is 0.306 e. The van der Waals surface area contributed by atoms with Crippen LogP contribution in [-0.2, 0) is 28.6 Å². The van der Waals surface area contributed by atoms with Gasteiger partial charge < -0.3 is 14.2 Å². The average Bonchev–Trinajstić information content (AvgIpc) is 3.31. The van der Waals surface area contributed by atoms with Gasteiger partial charge >= 0.3 is 17.9 Å². The molecule has 0 amide bonds. The average molecular weight is 921 g/mol. The number of rotatable bonds is 50. The van der Waals surface area contributed by atoms with Crippen LogP contribution in [0.25, 0.3) is 0 Å². The van der Waals surface area contributed by atoms with E-state index >= 15 is 0 Å². The highest BCUT2D eigenvalue weighted by atomic mass is 16.6. The summed E-state index contributed by atoms with van der Waals surface area (Å²) in [5, 5.41) is 0. The van der Waals surface area contributed by atoms with E-state index in [1.165, 1.54) is 148 Å². The Morgan fingerprint density at radius 1 is 0.318 bits per heavy atom. The van der Waals surface area contributed by atoms with Crippen molar-refractivity contribution in [2.45, 2.75) is 277 Å². The minimum absolute atomic E-state index is 0.0966. The van der Waals surface area contributed by atoms with Crippen LogP contribution in [-0.4, -0.2) is 37.2 Å². The molecule has 1 unspecified atom stereocenters. The van der Waals surface area contributed by atoms with Gasteiger partial charge in [-0.25, -0.2) is 0 Å². The molecule has 0 aliphatic heterocycles. The second-order valence-corrected chi connectivity index (χ2v) is 18.5. The molecule has 0 aromatic heterocycles. The van der Waals surface area contributed by atoms with E-state index in [-0.39, 0.29) is 37.5 Å². The van der Waals surface area contributed by atoms with E-state index in [1.54, 1.807) is 0 Å². The Kier molecular flexibility index (Phi) is 51.9. The predicted molar refractivity (Wildman–Crippen MR) is 284 cm³/mol. The van der Waals surface area contributed by atoms with Crippen LogP contribution in [0.15, 0.2) is 72.9 Å². The van der Waals surface area contributed by atoms with Crippen molar-refractivity contribution in [3.8, 4) is 0 Å². The maximum absolute atomic E-state index is 12.8. The summed E-state index contributed by atoms with van der Waals surface area (Å²) in [6, 6.07) is 0. The zero-order valence-electron chi connectivity index (χ0n) is 43.4. The zero-order valence-corrected chi connectivity index (χ0v) is 43.4. The Morgan fingerprint density at radius 3 is 1.00 bits per heavy atom. The lowest BCUT2D eigenvalue weighted by atomic mass is 10.1. The third-order valence-electron chi connectivity index (χ3n) is 11.9. The van der Waals surface area contributed by atoms with Crippen LogP contribution < -0.4 is 0 Å². The van der Waals surface area contributed by atoms with Gasteiger partial charge in [0.1, 0.15) is 13.2 Å². The Balaban J connectivity index is 4.46. The fourth-order valence-electron chi connectivity index (χ4n) is 7.73. The first-order valence-corrected chi connectivity index (χ1v) is 27.9. The number of allylic oxidation sites excluding steroid dienone is 12. The number of ether oxygens (including phenoxy) is 3. The maximum atomic E-state index is 12.8. The molecule has 0 aromatic carbocycles. The van der Waals surface area contributed by atoms with E-state index < -0.39 is 6.10 Å². The second kappa shape index (κ2) is 54.5. The van der Waals surface area contributed by atoms with E-state index in [0.29, 0.717) is 19.3 Å². The SMILES string of the molecule is CC/C=C\C/C=C\CCCCCCCCCC(=O)OCC(COC(=O)CCC/C=C\C/C=C\C/C=C\CCCCCCCC)OC(=O)CCCCCCCCC/C=C\CCCCCCCC.